The second kappa shape index (κ2) is 5.71. The fourth-order valence-corrected chi connectivity index (χ4v) is 5.93. The molecule has 0 saturated heterocycles. The van der Waals surface area contributed by atoms with E-state index in [9.17, 15) is 0 Å². The van der Waals surface area contributed by atoms with Crippen LogP contribution in [-0.4, -0.2) is 0 Å². The van der Waals surface area contributed by atoms with Crippen molar-refractivity contribution in [3.8, 4) is 22.3 Å². The van der Waals surface area contributed by atoms with Crippen molar-refractivity contribution in [1.82, 2.24) is 0 Å². The smallest absolute Gasteiger partial charge is 0.0356 e. The van der Waals surface area contributed by atoms with Crippen LogP contribution in [-0.2, 0) is 5.41 Å². The predicted octanol–water partition coefficient (Wildman–Crippen LogP) is 7.61. The van der Waals surface area contributed by atoms with Crippen molar-refractivity contribution in [2.45, 2.75) is 19.3 Å². The standard InChI is InChI=1S/C27H21NS/c1-27(2)23-6-4-3-5-19(23)20-10-7-17(14-24(20)27)16-8-11-25-21(13-16)22-15-18(28)9-12-26(22)29-25/h3-15H,28H2,1-2H3. The number of hydrogen-bond acceptors (Lipinski definition) is 2. The van der Waals surface area contributed by atoms with Crippen molar-refractivity contribution in [1.29, 1.82) is 0 Å². The van der Waals surface area contributed by atoms with Gasteiger partial charge >= 0.3 is 0 Å². The number of thiophene rings is 1. The average molecular weight is 392 g/mol. The first-order valence-corrected chi connectivity index (χ1v) is 10.8. The molecule has 0 unspecified atom stereocenters. The van der Waals surface area contributed by atoms with E-state index in [-0.39, 0.29) is 5.41 Å². The third-order valence-electron chi connectivity index (χ3n) is 6.41. The van der Waals surface area contributed by atoms with E-state index in [1.807, 2.05) is 17.4 Å². The first-order chi connectivity index (χ1) is 14.0. The lowest BCUT2D eigenvalue weighted by atomic mass is 9.81. The van der Waals surface area contributed by atoms with Crippen LogP contribution < -0.4 is 5.73 Å². The van der Waals surface area contributed by atoms with E-state index in [0.29, 0.717) is 0 Å². The molecular weight excluding hydrogens is 370 g/mol. The third-order valence-corrected chi connectivity index (χ3v) is 7.56. The van der Waals surface area contributed by atoms with E-state index < -0.39 is 0 Å². The van der Waals surface area contributed by atoms with Crippen LogP contribution in [0.4, 0.5) is 5.69 Å². The Bertz CT molecular complexity index is 1440. The second-order valence-electron chi connectivity index (χ2n) is 8.50. The summed E-state index contributed by atoms with van der Waals surface area (Å²) in [6.45, 7) is 4.67. The molecule has 2 N–H and O–H groups in total. The Morgan fingerprint density at radius 1 is 0.655 bits per heavy atom. The largest absolute Gasteiger partial charge is 0.399 e. The number of rotatable bonds is 1. The summed E-state index contributed by atoms with van der Waals surface area (Å²) in [6, 6.07) is 28.8. The number of nitrogens with two attached hydrogens (primary N) is 1. The van der Waals surface area contributed by atoms with Gasteiger partial charge in [-0.15, -0.1) is 11.3 Å². The van der Waals surface area contributed by atoms with Crippen molar-refractivity contribution in [2.24, 2.45) is 0 Å². The Labute approximate surface area is 174 Å². The lowest BCUT2D eigenvalue weighted by molar-refractivity contribution is 0.660. The molecule has 0 atom stereocenters. The van der Waals surface area contributed by atoms with Gasteiger partial charge in [0.1, 0.15) is 0 Å². The van der Waals surface area contributed by atoms with E-state index in [0.717, 1.165) is 5.69 Å². The summed E-state index contributed by atoms with van der Waals surface area (Å²) in [5.74, 6) is 0. The summed E-state index contributed by atoms with van der Waals surface area (Å²) < 4.78 is 2.60. The van der Waals surface area contributed by atoms with Crippen LogP contribution in [0.5, 0.6) is 0 Å². The maximum atomic E-state index is 6.06. The molecule has 5 aromatic rings. The normalized spacial score (nSPS) is 14.3. The summed E-state index contributed by atoms with van der Waals surface area (Å²) in [7, 11) is 0. The van der Waals surface area contributed by atoms with Crippen LogP contribution in [0.1, 0.15) is 25.0 Å². The molecule has 1 aliphatic carbocycles. The molecule has 0 aliphatic heterocycles. The lowest BCUT2D eigenvalue weighted by Crippen LogP contribution is -2.14. The third kappa shape index (κ3) is 2.33. The summed E-state index contributed by atoms with van der Waals surface area (Å²) in [5, 5.41) is 2.54. The molecule has 1 aliphatic rings. The fraction of sp³-hybridized carbons (Fsp3) is 0.111. The molecule has 0 amide bonds. The Hall–Kier alpha value is -3.10. The van der Waals surface area contributed by atoms with E-state index in [1.165, 1.54) is 53.6 Å². The lowest BCUT2D eigenvalue weighted by Gasteiger charge is -2.22. The van der Waals surface area contributed by atoms with Crippen molar-refractivity contribution in [3.05, 3.63) is 90.0 Å². The maximum Gasteiger partial charge on any atom is 0.0356 e. The monoisotopic (exact) mass is 391 g/mol. The molecule has 29 heavy (non-hydrogen) atoms. The van der Waals surface area contributed by atoms with Crippen LogP contribution in [0, 0.1) is 0 Å². The van der Waals surface area contributed by atoms with Gasteiger partial charge in [-0.3, -0.25) is 0 Å². The first kappa shape index (κ1) is 16.8. The van der Waals surface area contributed by atoms with Gasteiger partial charge in [0.15, 0.2) is 0 Å². The highest BCUT2D eigenvalue weighted by molar-refractivity contribution is 7.25. The van der Waals surface area contributed by atoms with Gasteiger partial charge in [-0.05, 0) is 69.8 Å². The Balaban J connectivity index is 1.55. The fourth-order valence-electron chi connectivity index (χ4n) is 4.86. The molecule has 0 bridgehead atoms. The molecule has 0 spiro atoms. The number of fused-ring (bicyclic) bond motifs is 6. The van der Waals surface area contributed by atoms with Crippen molar-refractivity contribution < 1.29 is 0 Å². The van der Waals surface area contributed by atoms with Gasteiger partial charge in [0.25, 0.3) is 0 Å². The van der Waals surface area contributed by atoms with Gasteiger partial charge in [0.05, 0.1) is 0 Å². The number of anilines is 1. The minimum absolute atomic E-state index is 0.0234. The molecule has 1 nitrogen and oxygen atoms in total. The summed E-state index contributed by atoms with van der Waals surface area (Å²) in [4.78, 5) is 0. The molecule has 0 saturated carbocycles. The molecule has 6 rings (SSSR count). The highest BCUT2D eigenvalue weighted by Crippen LogP contribution is 2.49. The second-order valence-corrected chi connectivity index (χ2v) is 9.58. The highest BCUT2D eigenvalue weighted by atomic mass is 32.1. The minimum atomic E-state index is 0.0234. The van der Waals surface area contributed by atoms with E-state index in [1.54, 1.807) is 0 Å². The predicted molar refractivity (Wildman–Crippen MR) is 127 cm³/mol. The quantitative estimate of drug-likeness (QED) is 0.292. The van der Waals surface area contributed by atoms with Crippen molar-refractivity contribution >= 4 is 37.2 Å². The Morgan fingerprint density at radius 2 is 1.31 bits per heavy atom. The molecule has 4 aromatic carbocycles. The zero-order valence-electron chi connectivity index (χ0n) is 16.5. The molecule has 0 radical (unpaired) electrons. The minimum Gasteiger partial charge on any atom is -0.399 e. The number of nitrogen functional groups attached to an aromatic ring is 1. The van der Waals surface area contributed by atoms with E-state index in [2.05, 4.69) is 86.6 Å². The average Bonchev–Trinajstić information content (AvgIpc) is 3.20. The molecule has 2 heteroatoms. The molecule has 1 aromatic heterocycles. The molecule has 140 valence electrons. The van der Waals surface area contributed by atoms with Crippen molar-refractivity contribution in [3.63, 3.8) is 0 Å². The first-order valence-electron chi connectivity index (χ1n) is 9.99. The SMILES string of the molecule is CC1(C)c2ccccc2-c2ccc(-c3ccc4sc5ccc(N)cc5c4c3)cc21. The summed E-state index contributed by atoms with van der Waals surface area (Å²) in [6.07, 6.45) is 0. The van der Waals surface area contributed by atoms with Gasteiger partial charge in [0, 0.05) is 31.3 Å². The number of hydrogen-bond donors (Lipinski definition) is 1. The van der Waals surface area contributed by atoms with Gasteiger partial charge in [0.2, 0.25) is 0 Å². The van der Waals surface area contributed by atoms with Gasteiger partial charge in [-0.2, -0.15) is 0 Å². The molecular formula is C27H21NS. The maximum absolute atomic E-state index is 6.06. The van der Waals surface area contributed by atoms with Crippen LogP contribution >= 0.6 is 11.3 Å². The topological polar surface area (TPSA) is 26.0 Å². The van der Waals surface area contributed by atoms with Crippen molar-refractivity contribution in [2.75, 3.05) is 5.73 Å². The zero-order chi connectivity index (χ0) is 19.8. The van der Waals surface area contributed by atoms with Crippen LogP contribution in [0.3, 0.4) is 0 Å². The van der Waals surface area contributed by atoms with Gasteiger partial charge < -0.3 is 5.73 Å². The van der Waals surface area contributed by atoms with Gasteiger partial charge in [-0.25, -0.2) is 0 Å². The zero-order valence-corrected chi connectivity index (χ0v) is 17.3. The Kier molecular flexibility index (Phi) is 3.31. The Morgan fingerprint density at radius 3 is 2.17 bits per heavy atom. The van der Waals surface area contributed by atoms with Gasteiger partial charge in [-0.1, -0.05) is 56.3 Å². The summed E-state index contributed by atoms with van der Waals surface area (Å²) >= 11 is 1.83. The van der Waals surface area contributed by atoms with Crippen LogP contribution in [0.25, 0.3) is 42.4 Å². The van der Waals surface area contributed by atoms with E-state index >= 15 is 0 Å². The summed E-state index contributed by atoms with van der Waals surface area (Å²) in [5.41, 5.74) is 15.0. The van der Waals surface area contributed by atoms with Crippen LogP contribution in [0.15, 0.2) is 78.9 Å². The van der Waals surface area contributed by atoms with E-state index in [4.69, 9.17) is 5.73 Å². The highest BCUT2D eigenvalue weighted by Gasteiger charge is 2.35. The molecule has 1 heterocycles. The molecule has 0 fully saturated rings. The van der Waals surface area contributed by atoms with Crippen LogP contribution in [0.2, 0.25) is 0 Å². The number of benzene rings is 4.